The van der Waals surface area contributed by atoms with Crippen molar-refractivity contribution >= 4 is 23.4 Å². The number of H-pyrrole nitrogens is 1. The molecule has 106 valence electrons. The molecule has 6 heteroatoms. The summed E-state index contributed by atoms with van der Waals surface area (Å²) in [6.07, 6.45) is 0. The average molecular weight is 290 g/mol. The van der Waals surface area contributed by atoms with Gasteiger partial charge >= 0.3 is 0 Å². The summed E-state index contributed by atoms with van der Waals surface area (Å²) in [5.41, 5.74) is 3.00. The summed E-state index contributed by atoms with van der Waals surface area (Å²) in [4.78, 5) is 3.26. The fraction of sp³-hybridized carbons (Fsp3) is 0.429. The van der Waals surface area contributed by atoms with Crippen LogP contribution in [-0.2, 0) is 6.54 Å². The molecule has 5 nitrogen and oxygen atoms in total. The molecule has 0 fully saturated rings. The minimum atomic E-state index is 0.0337. The van der Waals surface area contributed by atoms with E-state index < -0.39 is 0 Å². The van der Waals surface area contributed by atoms with Crippen LogP contribution < -0.4 is 0 Å². The predicted molar refractivity (Wildman–Crippen MR) is 80.6 cm³/mol. The fourth-order valence-electron chi connectivity index (χ4n) is 2.61. The summed E-state index contributed by atoms with van der Waals surface area (Å²) in [5, 5.41) is 4.54. The van der Waals surface area contributed by atoms with Gasteiger partial charge in [-0.2, -0.15) is 5.10 Å². The quantitative estimate of drug-likeness (QED) is 0.748. The summed E-state index contributed by atoms with van der Waals surface area (Å²) in [6.45, 7) is 8.91. The number of aromatic amines is 1. The summed E-state index contributed by atoms with van der Waals surface area (Å²) < 4.78 is 10.5. The topological polar surface area (TPSA) is 51.7 Å². The molecule has 0 aliphatic rings. The van der Waals surface area contributed by atoms with E-state index in [0.29, 0.717) is 4.77 Å². The number of furan rings is 1. The number of nitrogens with zero attached hydrogens (tertiary/aromatic N) is 3. The standard InChI is InChI=1S/C14H18N4OS/c1-5-17-13-12(9(3)16-17)15-14(20)18(13)10(4)11-7-6-8(2)19-11/h6-7,10H,5H2,1-4H3,(H,15,20). The molecule has 20 heavy (non-hydrogen) atoms. The molecule has 3 aromatic heterocycles. The van der Waals surface area contributed by atoms with Crippen molar-refractivity contribution in [2.75, 3.05) is 0 Å². The smallest absolute Gasteiger partial charge is 0.180 e. The molecule has 0 aliphatic carbocycles. The SMILES string of the molecule is CCn1nc(C)c2[nH]c(=S)n(C(C)c3ccc(C)o3)c21. The van der Waals surface area contributed by atoms with E-state index in [9.17, 15) is 0 Å². The molecule has 1 atom stereocenters. The average Bonchev–Trinajstić information content (AvgIpc) is 3.05. The van der Waals surface area contributed by atoms with Crippen molar-refractivity contribution in [2.24, 2.45) is 0 Å². The van der Waals surface area contributed by atoms with Crippen LogP contribution in [0.1, 0.15) is 37.1 Å². The molecule has 3 heterocycles. The van der Waals surface area contributed by atoms with E-state index >= 15 is 0 Å². The van der Waals surface area contributed by atoms with E-state index in [4.69, 9.17) is 16.6 Å². The second kappa shape index (κ2) is 4.63. The highest BCUT2D eigenvalue weighted by molar-refractivity contribution is 7.71. The number of aryl methyl sites for hydroxylation is 3. The van der Waals surface area contributed by atoms with Gasteiger partial charge in [0.2, 0.25) is 0 Å². The molecule has 0 bridgehead atoms. The first kappa shape index (κ1) is 13.2. The van der Waals surface area contributed by atoms with Gasteiger partial charge in [-0.3, -0.25) is 4.57 Å². The number of aromatic nitrogens is 4. The van der Waals surface area contributed by atoms with Gasteiger partial charge in [-0.25, -0.2) is 4.68 Å². The van der Waals surface area contributed by atoms with Crippen LogP contribution in [-0.4, -0.2) is 19.3 Å². The Bertz CT molecular complexity index is 820. The first-order valence-corrected chi connectivity index (χ1v) is 7.17. The summed E-state index contributed by atoms with van der Waals surface area (Å²) >= 11 is 5.48. The monoisotopic (exact) mass is 290 g/mol. The Morgan fingerprint density at radius 1 is 1.40 bits per heavy atom. The Balaban J connectivity index is 2.25. The van der Waals surface area contributed by atoms with E-state index in [2.05, 4.69) is 28.5 Å². The molecular weight excluding hydrogens is 272 g/mol. The lowest BCUT2D eigenvalue weighted by molar-refractivity contribution is 0.428. The van der Waals surface area contributed by atoms with E-state index in [1.165, 1.54) is 0 Å². The summed E-state index contributed by atoms with van der Waals surface area (Å²) in [6, 6.07) is 4.01. The Kier molecular flexibility index (Phi) is 3.05. The zero-order chi connectivity index (χ0) is 14.4. The van der Waals surface area contributed by atoms with Crippen LogP contribution in [0, 0.1) is 18.6 Å². The molecule has 1 unspecified atom stereocenters. The van der Waals surface area contributed by atoms with Crippen molar-refractivity contribution in [3.05, 3.63) is 34.1 Å². The van der Waals surface area contributed by atoms with E-state index in [0.717, 1.165) is 34.9 Å². The van der Waals surface area contributed by atoms with Gasteiger partial charge < -0.3 is 9.40 Å². The maximum Gasteiger partial charge on any atom is 0.180 e. The molecule has 0 aromatic carbocycles. The second-order valence-electron chi connectivity index (χ2n) is 5.02. The third-order valence-electron chi connectivity index (χ3n) is 3.64. The van der Waals surface area contributed by atoms with Gasteiger partial charge in [-0.05, 0) is 52.0 Å². The molecule has 0 saturated carbocycles. The number of hydrogen-bond donors (Lipinski definition) is 1. The predicted octanol–water partition coefficient (Wildman–Crippen LogP) is 3.73. The highest BCUT2D eigenvalue weighted by atomic mass is 32.1. The third kappa shape index (κ3) is 1.83. The van der Waals surface area contributed by atoms with Gasteiger partial charge in [0.1, 0.15) is 17.0 Å². The number of hydrogen-bond acceptors (Lipinski definition) is 3. The first-order valence-electron chi connectivity index (χ1n) is 6.77. The molecule has 0 saturated heterocycles. The van der Waals surface area contributed by atoms with Crippen molar-refractivity contribution in [3.8, 4) is 0 Å². The Labute approximate surface area is 122 Å². The van der Waals surface area contributed by atoms with Crippen molar-refractivity contribution in [2.45, 2.75) is 40.3 Å². The third-order valence-corrected chi connectivity index (χ3v) is 3.94. The van der Waals surface area contributed by atoms with Crippen LogP contribution >= 0.6 is 12.2 Å². The minimum Gasteiger partial charge on any atom is -0.464 e. The van der Waals surface area contributed by atoms with Crippen LogP contribution in [0.3, 0.4) is 0 Å². The van der Waals surface area contributed by atoms with Gasteiger partial charge in [0.25, 0.3) is 0 Å². The summed E-state index contributed by atoms with van der Waals surface area (Å²) in [5.74, 6) is 1.81. The van der Waals surface area contributed by atoms with Gasteiger partial charge in [0.05, 0.1) is 11.7 Å². The number of imidazole rings is 1. The van der Waals surface area contributed by atoms with E-state index in [-0.39, 0.29) is 6.04 Å². The van der Waals surface area contributed by atoms with Crippen molar-refractivity contribution < 1.29 is 4.42 Å². The van der Waals surface area contributed by atoms with Crippen LogP contribution in [0.15, 0.2) is 16.5 Å². The maximum absolute atomic E-state index is 5.74. The highest BCUT2D eigenvalue weighted by Gasteiger charge is 2.20. The highest BCUT2D eigenvalue weighted by Crippen LogP contribution is 2.27. The fourth-order valence-corrected chi connectivity index (χ4v) is 2.96. The Morgan fingerprint density at radius 2 is 2.15 bits per heavy atom. The zero-order valence-corrected chi connectivity index (χ0v) is 12.9. The molecule has 0 radical (unpaired) electrons. The van der Waals surface area contributed by atoms with E-state index in [1.54, 1.807) is 0 Å². The first-order chi connectivity index (χ1) is 9.52. The Hall–Kier alpha value is -1.82. The van der Waals surface area contributed by atoms with E-state index in [1.807, 2.05) is 30.7 Å². The molecular formula is C14H18N4OS. The van der Waals surface area contributed by atoms with Gasteiger partial charge in [-0.15, -0.1) is 0 Å². The summed E-state index contributed by atoms with van der Waals surface area (Å²) in [7, 11) is 0. The maximum atomic E-state index is 5.74. The molecule has 3 rings (SSSR count). The van der Waals surface area contributed by atoms with Crippen LogP contribution in [0.2, 0.25) is 0 Å². The van der Waals surface area contributed by atoms with Crippen LogP contribution in [0.5, 0.6) is 0 Å². The second-order valence-corrected chi connectivity index (χ2v) is 5.41. The van der Waals surface area contributed by atoms with Gasteiger partial charge in [0, 0.05) is 6.54 Å². The molecule has 0 spiro atoms. The molecule has 3 aromatic rings. The minimum absolute atomic E-state index is 0.0337. The molecule has 1 N–H and O–H groups in total. The van der Waals surface area contributed by atoms with Crippen molar-refractivity contribution in [1.82, 2.24) is 19.3 Å². The number of fused-ring (bicyclic) bond motifs is 1. The van der Waals surface area contributed by atoms with Crippen LogP contribution in [0.4, 0.5) is 0 Å². The number of rotatable bonds is 3. The van der Waals surface area contributed by atoms with Crippen LogP contribution in [0.25, 0.3) is 11.2 Å². The van der Waals surface area contributed by atoms with Gasteiger partial charge in [-0.1, -0.05) is 0 Å². The van der Waals surface area contributed by atoms with Gasteiger partial charge in [0.15, 0.2) is 10.4 Å². The zero-order valence-electron chi connectivity index (χ0n) is 12.1. The van der Waals surface area contributed by atoms with Crippen molar-refractivity contribution in [1.29, 1.82) is 0 Å². The lowest BCUT2D eigenvalue weighted by Gasteiger charge is -2.12. The Morgan fingerprint density at radius 3 is 2.75 bits per heavy atom. The normalized spacial score (nSPS) is 13.2. The molecule has 0 aliphatic heterocycles. The molecule has 0 amide bonds. The lowest BCUT2D eigenvalue weighted by Crippen LogP contribution is -2.10. The number of nitrogens with one attached hydrogen (secondary N) is 1. The lowest BCUT2D eigenvalue weighted by atomic mass is 10.2. The largest absolute Gasteiger partial charge is 0.464 e. The van der Waals surface area contributed by atoms with Crippen molar-refractivity contribution in [3.63, 3.8) is 0 Å².